The zero-order valence-corrected chi connectivity index (χ0v) is 18.4. The van der Waals surface area contributed by atoms with Gasteiger partial charge in [-0.25, -0.2) is 0 Å². The van der Waals surface area contributed by atoms with Crippen LogP contribution in [0.5, 0.6) is 5.75 Å². The topological polar surface area (TPSA) is 21.8 Å². The average molecular weight is 387 g/mol. The number of hydrogen-bond acceptors (Lipinski definition) is 2. The molecule has 0 aromatic heterocycles. The van der Waals surface area contributed by atoms with E-state index in [2.05, 4.69) is 50.3 Å². The summed E-state index contributed by atoms with van der Waals surface area (Å²) in [5.41, 5.74) is 1.27. The normalized spacial score (nSPS) is 18.6. The maximum atomic E-state index is 5.99. The highest BCUT2D eigenvalue weighted by Gasteiger charge is 2.40. The molecule has 1 fully saturated rings. The molecule has 158 valence electrons. The van der Waals surface area contributed by atoms with Crippen molar-refractivity contribution in [3.63, 3.8) is 0 Å². The number of ether oxygens (including phenoxy) is 2. The second-order valence-corrected chi connectivity index (χ2v) is 8.62. The lowest BCUT2D eigenvalue weighted by molar-refractivity contribution is 0.201. The highest BCUT2D eigenvalue weighted by Crippen LogP contribution is 2.28. The standard InChI is InChI=1S/C26H42O2/c1-3-4-5-6-7-8-9-10-11-12-13-14-15-16-19-24-20-17-18-21-25(24)27-22-26(2)23-28-26/h13-14,17-18,20-21H,3-12,15-16,19,22-23H2,1-2H3/b14-13+. The van der Waals surface area contributed by atoms with E-state index in [4.69, 9.17) is 9.47 Å². The summed E-state index contributed by atoms with van der Waals surface area (Å²) in [5, 5.41) is 0. The molecule has 0 bridgehead atoms. The van der Waals surface area contributed by atoms with Gasteiger partial charge >= 0.3 is 0 Å². The van der Waals surface area contributed by atoms with Crippen LogP contribution < -0.4 is 4.74 Å². The van der Waals surface area contributed by atoms with Crippen molar-refractivity contribution in [1.29, 1.82) is 0 Å². The van der Waals surface area contributed by atoms with Crippen molar-refractivity contribution in [2.45, 2.75) is 103 Å². The van der Waals surface area contributed by atoms with E-state index < -0.39 is 0 Å². The Kier molecular flexibility index (Phi) is 11.4. The third-order valence-electron chi connectivity index (χ3n) is 5.60. The fourth-order valence-electron chi connectivity index (χ4n) is 3.51. The van der Waals surface area contributed by atoms with Gasteiger partial charge in [0.15, 0.2) is 0 Å². The maximum absolute atomic E-state index is 5.99. The largest absolute Gasteiger partial charge is 0.490 e. The van der Waals surface area contributed by atoms with Gasteiger partial charge in [0.2, 0.25) is 0 Å². The van der Waals surface area contributed by atoms with Gasteiger partial charge in [0.05, 0.1) is 6.61 Å². The molecule has 1 aromatic carbocycles. The number of rotatable bonds is 17. The number of hydrogen-bond donors (Lipinski definition) is 0. The van der Waals surface area contributed by atoms with Crippen LogP contribution in [0.2, 0.25) is 0 Å². The average Bonchev–Trinajstić information content (AvgIpc) is 3.45. The highest BCUT2D eigenvalue weighted by molar-refractivity contribution is 5.33. The Morgan fingerprint density at radius 1 is 0.893 bits per heavy atom. The van der Waals surface area contributed by atoms with Crippen LogP contribution in [0.25, 0.3) is 0 Å². The van der Waals surface area contributed by atoms with Crippen molar-refractivity contribution in [2.24, 2.45) is 0 Å². The third-order valence-corrected chi connectivity index (χ3v) is 5.60. The maximum Gasteiger partial charge on any atom is 0.123 e. The van der Waals surface area contributed by atoms with Gasteiger partial charge in [0.1, 0.15) is 18.0 Å². The predicted molar refractivity (Wildman–Crippen MR) is 120 cm³/mol. The molecule has 0 N–H and O–H groups in total. The van der Waals surface area contributed by atoms with Crippen LogP contribution in [-0.4, -0.2) is 18.8 Å². The van der Waals surface area contributed by atoms with Crippen molar-refractivity contribution < 1.29 is 9.47 Å². The molecule has 0 spiro atoms. The van der Waals surface area contributed by atoms with Gasteiger partial charge < -0.3 is 9.47 Å². The molecule has 28 heavy (non-hydrogen) atoms. The minimum Gasteiger partial charge on any atom is -0.490 e. The molecule has 1 atom stereocenters. The Labute approximate surface area is 173 Å². The predicted octanol–water partition coefficient (Wildman–Crippen LogP) is 7.65. The van der Waals surface area contributed by atoms with E-state index in [9.17, 15) is 0 Å². The van der Waals surface area contributed by atoms with Crippen molar-refractivity contribution in [2.75, 3.05) is 13.2 Å². The second kappa shape index (κ2) is 13.8. The zero-order valence-electron chi connectivity index (χ0n) is 18.4. The molecule has 2 nitrogen and oxygen atoms in total. The number of para-hydroxylation sites is 1. The van der Waals surface area contributed by atoms with Crippen LogP contribution in [0.4, 0.5) is 0 Å². The van der Waals surface area contributed by atoms with Gasteiger partial charge in [-0.05, 0) is 50.7 Å². The van der Waals surface area contributed by atoms with Gasteiger partial charge in [-0.3, -0.25) is 0 Å². The van der Waals surface area contributed by atoms with Crippen molar-refractivity contribution in [3.8, 4) is 5.75 Å². The number of benzene rings is 1. The molecule has 1 aromatic rings. The van der Waals surface area contributed by atoms with Crippen LogP contribution in [0.3, 0.4) is 0 Å². The van der Waals surface area contributed by atoms with Gasteiger partial charge in [-0.15, -0.1) is 0 Å². The van der Waals surface area contributed by atoms with Crippen molar-refractivity contribution >= 4 is 0 Å². The number of aryl methyl sites for hydroxylation is 1. The molecule has 0 saturated carbocycles. The molecule has 2 heteroatoms. The van der Waals surface area contributed by atoms with Crippen LogP contribution in [0, 0.1) is 0 Å². The summed E-state index contributed by atoms with van der Waals surface area (Å²) in [5.74, 6) is 1.03. The van der Waals surface area contributed by atoms with Gasteiger partial charge in [0, 0.05) is 0 Å². The van der Waals surface area contributed by atoms with Crippen molar-refractivity contribution in [1.82, 2.24) is 0 Å². The number of unbranched alkanes of at least 4 members (excludes halogenated alkanes) is 10. The van der Waals surface area contributed by atoms with Crippen LogP contribution in [0.1, 0.15) is 96.5 Å². The third kappa shape index (κ3) is 10.3. The molecule has 1 saturated heterocycles. The van der Waals surface area contributed by atoms with E-state index in [1.165, 1.54) is 76.2 Å². The Hall–Kier alpha value is -1.28. The molecule has 1 aliphatic heterocycles. The Morgan fingerprint density at radius 3 is 2.18 bits per heavy atom. The van der Waals surface area contributed by atoms with Crippen LogP contribution in [-0.2, 0) is 11.2 Å². The Morgan fingerprint density at radius 2 is 1.50 bits per heavy atom. The van der Waals surface area contributed by atoms with E-state index >= 15 is 0 Å². The van der Waals surface area contributed by atoms with E-state index in [1.807, 2.05) is 0 Å². The SMILES string of the molecule is CCCCCCCCCCC/C=C/CCCc1ccccc1OCC1(C)CO1. The molecule has 0 radical (unpaired) electrons. The lowest BCUT2D eigenvalue weighted by atomic mass is 10.1. The van der Waals surface area contributed by atoms with E-state index in [0.717, 1.165) is 25.2 Å². The van der Waals surface area contributed by atoms with E-state index in [-0.39, 0.29) is 5.60 Å². The molecule has 1 unspecified atom stereocenters. The molecular formula is C26H42O2. The first-order chi connectivity index (χ1) is 13.7. The lowest BCUT2D eigenvalue weighted by Gasteiger charge is -2.12. The van der Waals surface area contributed by atoms with Gasteiger partial charge in [-0.1, -0.05) is 88.6 Å². The first kappa shape index (κ1) is 23.0. The van der Waals surface area contributed by atoms with E-state index in [0.29, 0.717) is 6.61 Å². The minimum absolute atomic E-state index is 0.0507. The first-order valence-corrected chi connectivity index (χ1v) is 11.7. The zero-order chi connectivity index (χ0) is 19.9. The summed E-state index contributed by atoms with van der Waals surface area (Å²) in [7, 11) is 0. The number of epoxide rings is 1. The quantitative estimate of drug-likeness (QED) is 0.156. The Bertz CT molecular complexity index is 545. The smallest absolute Gasteiger partial charge is 0.123 e. The van der Waals surface area contributed by atoms with Crippen molar-refractivity contribution in [3.05, 3.63) is 42.0 Å². The summed E-state index contributed by atoms with van der Waals surface area (Å²) in [4.78, 5) is 0. The monoisotopic (exact) mass is 386 g/mol. The molecule has 0 amide bonds. The summed E-state index contributed by atoms with van der Waals surface area (Å²) < 4.78 is 11.4. The summed E-state index contributed by atoms with van der Waals surface area (Å²) in [6.07, 6.45) is 22.1. The summed E-state index contributed by atoms with van der Waals surface area (Å²) in [6, 6.07) is 8.44. The van der Waals surface area contributed by atoms with Gasteiger partial charge in [-0.2, -0.15) is 0 Å². The summed E-state index contributed by atoms with van der Waals surface area (Å²) in [6.45, 7) is 5.86. The van der Waals surface area contributed by atoms with Crippen LogP contribution in [0.15, 0.2) is 36.4 Å². The molecule has 2 rings (SSSR count). The van der Waals surface area contributed by atoms with Crippen LogP contribution >= 0.6 is 0 Å². The molecular weight excluding hydrogens is 344 g/mol. The molecule has 1 heterocycles. The number of allylic oxidation sites excluding steroid dienone is 2. The van der Waals surface area contributed by atoms with E-state index in [1.54, 1.807) is 0 Å². The molecule has 0 aliphatic carbocycles. The Balaban J connectivity index is 1.46. The second-order valence-electron chi connectivity index (χ2n) is 8.62. The first-order valence-electron chi connectivity index (χ1n) is 11.7. The fraction of sp³-hybridized carbons (Fsp3) is 0.692. The minimum atomic E-state index is -0.0507. The van der Waals surface area contributed by atoms with Gasteiger partial charge in [0.25, 0.3) is 0 Å². The molecule has 1 aliphatic rings. The summed E-state index contributed by atoms with van der Waals surface area (Å²) >= 11 is 0. The lowest BCUT2D eigenvalue weighted by Crippen LogP contribution is -2.17. The fourth-order valence-corrected chi connectivity index (χ4v) is 3.51. The highest BCUT2D eigenvalue weighted by atomic mass is 16.6.